The molecule has 2 rings (SSSR count). The van der Waals surface area contributed by atoms with Gasteiger partial charge < -0.3 is 14.7 Å². The maximum absolute atomic E-state index is 12.6. The second-order valence-electron chi connectivity index (χ2n) is 6.70. The minimum Gasteiger partial charge on any atom is -0.508 e. The molecule has 1 fully saturated rings. The van der Waals surface area contributed by atoms with Gasteiger partial charge in [0.15, 0.2) is 0 Å². The minimum atomic E-state index is -0.610. The number of carbonyl (C=O) groups excluding carboxylic acids is 2. The van der Waals surface area contributed by atoms with Crippen LogP contribution in [0.1, 0.15) is 38.7 Å². The van der Waals surface area contributed by atoms with Crippen LogP contribution in [-0.2, 0) is 14.3 Å². The van der Waals surface area contributed by atoms with E-state index in [4.69, 9.17) is 4.74 Å². The van der Waals surface area contributed by atoms with E-state index in [2.05, 4.69) is 0 Å². The largest absolute Gasteiger partial charge is 0.508 e. The van der Waals surface area contributed by atoms with Gasteiger partial charge in [-0.2, -0.15) is 0 Å². The number of esters is 1. The zero-order valence-corrected chi connectivity index (χ0v) is 13.5. The Bertz CT molecular complexity index is 559. The number of phenols is 1. The van der Waals surface area contributed by atoms with Gasteiger partial charge in [0.25, 0.3) is 0 Å². The summed E-state index contributed by atoms with van der Waals surface area (Å²) in [6.45, 7) is 6.06. The molecule has 0 aliphatic carbocycles. The van der Waals surface area contributed by atoms with Gasteiger partial charge in [0.2, 0.25) is 5.91 Å². The second-order valence-corrected chi connectivity index (χ2v) is 6.70. The van der Waals surface area contributed by atoms with E-state index in [9.17, 15) is 14.7 Å². The molecule has 120 valence electrons. The van der Waals surface area contributed by atoms with Crippen molar-refractivity contribution < 1.29 is 19.4 Å². The van der Waals surface area contributed by atoms with Crippen LogP contribution in [0, 0.1) is 5.41 Å². The van der Waals surface area contributed by atoms with E-state index in [0.29, 0.717) is 13.0 Å². The zero-order valence-electron chi connectivity index (χ0n) is 13.5. The predicted octanol–water partition coefficient (Wildman–Crippen LogP) is 2.30. The summed E-state index contributed by atoms with van der Waals surface area (Å²) in [5.74, 6) is -0.379. The molecule has 0 unspecified atom stereocenters. The standard InChI is InChI=1S/C17H23NO4/c1-17(2,3)16(21)18-10-9-13(14(18)15(20)22-4)11-5-7-12(19)8-6-11/h5-8,13-14,19H,9-10H2,1-4H3/t13-,14+/m1/s1. The summed E-state index contributed by atoms with van der Waals surface area (Å²) in [4.78, 5) is 26.5. The number of hydrogen-bond acceptors (Lipinski definition) is 4. The molecule has 1 amide bonds. The Hall–Kier alpha value is -2.04. The van der Waals surface area contributed by atoms with Crippen LogP contribution in [0.15, 0.2) is 24.3 Å². The van der Waals surface area contributed by atoms with Gasteiger partial charge in [-0.15, -0.1) is 0 Å². The number of nitrogens with zero attached hydrogens (tertiary/aromatic N) is 1. The minimum absolute atomic E-state index is 0.0517. The zero-order chi connectivity index (χ0) is 16.5. The summed E-state index contributed by atoms with van der Waals surface area (Å²) in [7, 11) is 1.34. The third-order valence-electron chi connectivity index (χ3n) is 4.06. The van der Waals surface area contributed by atoms with E-state index >= 15 is 0 Å². The van der Waals surface area contributed by atoms with Gasteiger partial charge in [0.05, 0.1) is 7.11 Å². The number of methoxy groups -OCH3 is 1. The first-order valence-electron chi connectivity index (χ1n) is 7.43. The van der Waals surface area contributed by atoms with Crippen molar-refractivity contribution in [2.24, 2.45) is 5.41 Å². The summed E-state index contributed by atoms with van der Waals surface area (Å²) in [5, 5.41) is 9.41. The smallest absolute Gasteiger partial charge is 0.329 e. The third kappa shape index (κ3) is 3.08. The number of hydrogen-bond donors (Lipinski definition) is 1. The Labute approximate surface area is 130 Å². The molecule has 1 aromatic carbocycles. The highest BCUT2D eigenvalue weighted by Crippen LogP contribution is 2.37. The van der Waals surface area contributed by atoms with E-state index in [0.717, 1.165) is 5.56 Å². The molecule has 0 spiro atoms. The van der Waals surface area contributed by atoms with Crippen LogP contribution in [-0.4, -0.2) is 41.6 Å². The summed E-state index contributed by atoms with van der Waals surface area (Å²) in [6.07, 6.45) is 0.701. The number of rotatable bonds is 2. The Morgan fingerprint density at radius 2 is 1.82 bits per heavy atom. The molecule has 1 heterocycles. The van der Waals surface area contributed by atoms with Crippen molar-refractivity contribution in [1.29, 1.82) is 0 Å². The van der Waals surface area contributed by atoms with Gasteiger partial charge >= 0.3 is 5.97 Å². The van der Waals surface area contributed by atoms with Crippen molar-refractivity contribution in [3.63, 3.8) is 0 Å². The first-order valence-corrected chi connectivity index (χ1v) is 7.43. The summed E-state index contributed by atoms with van der Waals surface area (Å²) in [6, 6.07) is 6.17. The number of phenolic OH excluding ortho intramolecular Hbond substituents is 1. The maximum Gasteiger partial charge on any atom is 0.329 e. The molecule has 5 nitrogen and oxygen atoms in total. The highest BCUT2D eigenvalue weighted by atomic mass is 16.5. The van der Waals surface area contributed by atoms with Crippen LogP contribution in [0.2, 0.25) is 0 Å². The molecule has 1 saturated heterocycles. The van der Waals surface area contributed by atoms with Crippen molar-refractivity contribution in [3.8, 4) is 5.75 Å². The molecule has 1 aliphatic rings. The van der Waals surface area contributed by atoms with E-state index < -0.39 is 17.4 Å². The number of benzene rings is 1. The average molecular weight is 305 g/mol. The lowest BCUT2D eigenvalue weighted by Gasteiger charge is -2.31. The quantitative estimate of drug-likeness (QED) is 0.851. The molecule has 0 aromatic heterocycles. The van der Waals surface area contributed by atoms with Crippen molar-refractivity contribution in [2.75, 3.05) is 13.7 Å². The van der Waals surface area contributed by atoms with Crippen LogP contribution in [0.4, 0.5) is 0 Å². The molecule has 22 heavy (non-hydrogen) atoms. The van der Waals surface area contributed by atoms with Crippen LogP contribution >= 0.6 is 0 Å². The summed E-state index contributed by atoms with van der Waals surface area (Å²) in [5.41, 5.74) is 0.383. The van der Waals surface area contributed by atoms with Crippen molar-refractivity contribution >= 4 is 11.9 Å². The normalized spacial score (nSPS) is 21.7. The third-order valence-corrected chi connectivity index (χ3v) is 4.06. The van der Waals surface area contributed by atoms with Crippen LogP contribution < -0.4 is 0 Å². The fraction of sp³-hybridized carbons (Fsp3) is 0.529. The molecule has 0 radical (unpaired) electrons. The van der Waals surface area contributed by atoms with E-state index in [-0.39, 0.29) is 17.6 Å². The molecular formula is C17H23NO4. The summed E-state index contributed by atoms with van der Waals surface area (Å²) >= 11 is 0. The highest BCUT2D eigenvalue weighted by molar-refractivity contribution is 5.88. The Morgan fingerprint density at radius 3 is 2.32 bits per heavy atom. The van der Waals surface area contributed by atoms with Gasteiger partial charge in [-0.25, -0.2) is 4.79 Å². The Morgan fingerprint density at radius 1 is 1.23 bits per heavy atom. The van der Waals surface area contributed by atoms with Crippen molar-refractivity contribution in [3.05, 3.63) is 29.8 Å². The lowest BCUT2D eigenvalue weighted by Crippen LogP contribution is -2.47. The van der Waals surface area contributed by atoms with Crippen molar-refractivity contribution in [2.45, 2.75) is 39.2 Å². The summed E-state index contributed by atoms with van der Waals surface area (Å²) < 4.78 is 4.92. The molecule has 0 bridgehead atoms. The van der Waals surface area contributed by atoms with Crippen LogP contribution in [0.5, 0.6) is 5.75 Å². The molecule has 1 N–H and O–H groups in total. The first-order chi connectivity index (χ1) is 10.3. The molecule has 0 saturated carbocycles. The van der Waals surface area contributed by atoms with Crippen LogP contribution in [0.3, 0.4) is 0 Å². The molecule has 1 aromatic rings. The predicted molar refractivity (Wildman–Crippen MR) is 82.4 cm³/mol. The SMILES string of the molecule is COC(=O)[C@@H]1[C@@H](c2ccc(O)cc2)CCN1C(=O)C(C)(C)C. The molecule has 5 heteroatoms. The van der Waals surface area contributed by atoms with Gasteiger partial charge in [-0.1, -0.05) is 32.9 Å². The van der Waals surface area contributed by atoms with Gasteiger partial charge in [0, 0.05) is 17.9 Å². The van der Waals surface area contributed by atoms with Crippen molar-refractivity contribution in [1.82, 2.24) is 4.90 Å². The van der Waals surface area contributed by atoms with Gasteiger partial charge in [0.1, 0.15) is 11.8 Å². The van der Waals surface area contributed by atoms with E-state index in [1.165, 1.54) is 7.11 Å². The Kier molecular flexibility index (Phi) is 4.44. The molecule has 1 aliphatic heterocycles. The number of ether oxygens (including phenoxy) is 1. The average Bonchev–Trinajstić information content (AvgIpc) is 2.90. The van der Waals surface area contributed by atoms with E-state index in [1.54, 1.807) is 29.2 Å². The number of amides is 1. The van der Waals surface area contributed by atoms with E-state index in [1.807, 2.05) is 20.8 Å². The fourth-order valence-corrected chi connectivity index (χ4v) is 2.93. The first kappa shape index (κ1) is 16.3. The lowest BCUT2D eigenvalue weighted by atomic mass is 9.90. The molecule has 2 atom stereocenters. The second kappa shape index (κ2) is 5.99. The molecular weight excluding hydrogens is 282 g/mol. The van der Waals surface area contributed by atoms with Gasteiger partial charge in [-0.3, -0.25) is 4.79 Å². The highest BCUT2D eigenvalue weighted by Gasteiger charge is 2.45. The fourth-order valence-electron chi connectivity index (χ4n) is 2.93. The number of carbonyl (C=O) groups is 2. The lowest BCUT2D eigenvalue weighted by molar-refractivity contribution is -0.154. The monoisotopic (exact) mass is 305 g/mol. The van der Waals surface area contributed by atoms with Crippen LogP contribution in [0.25, 0.3) is 0 Å². The number of likely N-dealkylation sites (tertiary alicyclic amines) is 1. The number of aromatic hydroxyl groups is 1. The maximum atomic E-state index is 12.6. The Balaban J connectivity index is 2.34. The topological polar surface area (TPSA) is 66.8 Å². The van der Waals surface area contributed by atoms with Gasteiger partial charge in [-0.05, 0) is 24.1 Å².